The Hall–Kier alpha value is -3.19. The zero-order valence-corrected chi connectivity index (χ0v) is 20.9. The smallest absolute Gasteiger partial charge is 0.304 e. The van der Waals surface area contributed by atoms with Crippen molar-refractivity contribution in [3.8, 4) is 0 Å². The fraction of sp³-hybridized carbons (Fsp3) is 0.483. The van der Waals surface area contributed by atoms with E-state index in [1.165, 1.54) is 12.8 Å². The first-order chi connectivity index (χ1) is 17.5. The first kappa shape index (κ1) is 25.9. The number of carboxylic acid groups (broad SMARTS) is 1. The van der Waals surface area contributed by atoms with Crippen LogP contribution in [0.4, 0.5) is 0 Å². The fourth-order valence-corrected chi connectivity index (χ4v) is 5.34. The van der Waals surface area contributed by atoms with Gasteiger partial charge in [0.15, 0.2) is 0 Å². The molecule has 1 atom stereocenters. The number of carbonyl (C=O) groups excluding carboxylic acids is 2. The highest BCUT2D eigenvalue weighted by molar-refractivity contribution is 5.94. The minimum atomic E-state index is -0.984. The number of hydrogen-bond donors (Lipinski definition) is 3. The number of nitrogens with zero attached hydrogens (tertiary/aromatic N) is 1. The maximum Gasteiger partial charge on any atom is 0.304 e. The number of piperidine rings is 1. The summed E-state index contributed by atoms with van der Waals surface area (Å²) in [4.78, 5) is 39.4. The van der Waals surface area contributed by atoms with Crippen LogP contribution in [0.3, 0.4) is 0 Å². The van der Waals surface area contributed by atoms with E-state index in [9.17, 15) is 19.5 Å². The second kappa shape index (κ2) is 12.7. The SMILES string of the molecule is O=C(O)CC1Cc2cc(C(=O)NCCCC3CCNCC3)ccc2CN(CCc2ccccc2)C1=O. The van der Waals surface area contributed by atoms with Gasteiger partial charge in [-0.05, 0) is 86.4 Å². The van der Waals surface area contributed by atoms with Gasteiger partial charge in [0.1, 0.15) is 0 Å². The molecule has 7 nitrogen and oxygen atoms in total. The van der Waals surface area contributed by atoms with Gasteiger partial charge in [-0.1, -0.05) is 36.4 Å². The molecule has 0 bridgehead atoms. The van der Waals surface area contributed by atoms with E-state index in [4.69, 9.17) is 0 Å². The number of benzene rings is 2. The van der Waals surface area contributed by atoms with Gasteiger partial charge in [0.2, 0.25) is 5.91 Å². The molecule has 0 spiro atoms. The van der Waals surface area contributed by atoms with Crippen molar-refractivity contribution in [2.45, 2.75) is 51.5 Å². The second-order valence-electron chi connectivity index (χ2n) is 10.1. The van der Waals surface area contributed by atoms with Crippen molar-refractivity contribution in [2.75, 3.05) is 26.2 Å². The maximum atomic E-state index is 13.3. The largest absolute Gasteiger partial charge is 0.481 e. The third kappa shape index (κ3) is 7.17. The van der Waals surface area contributed by atoms with Crippen LogP contribution in [0.2, 0.25) is 0 Å². The van der Waals surface area contributed by atoms with E-state index in [0.717, 1.165) is 48.5 Å². The van der Waals surface area contributed by atoms with Gasteiger partial charge in [-0.25, -0.2) is 0 Å². The Morgan fingerprint density at radius 2 is 1.83 bits per heavy atom. The second-order valence-corrected chi connectivity index (χ2v) is 10.1. The summed E-state index contributed by atoms with van der Waals surface area (Å²) in [5, 5.41) is 15.9. The molecule has 36 heavy (non-hydrogen) atoms. The Morgan fingerprint density at radius 1 is 1.06 bits per heavy atom. The molecule has 2 aromatic rings. The zero-order chi connectivity index (χ0) is 25.3. The highest BCUT2D eigenvalue weighted by Gasteiger charge is 2.31. The molecule has 0 radical (unpaired) electrons. The van der Waals surface area contributed by atoms with Gasteiger partial charge in [-0.2, -0.15) is 0 Å². The van der Waals surface area contributed by atoms with Crippen molar-refractivity contribution < 1.29 is 19.5 Å². The first-order valence-electron chi connectivity index (χ1n) is 13.1. The van der Waals surface area contributed by atoms with Crippen LogP contribution in [0, 0.1) is 11.8 Å². The molecule has 0 aromatic heterocycles. The van der Waals surface area contributed by atoms with Gasteiger partial charge in [0.05, 0.1) is 12.3 Å². The third-order valence-electron chi connectivity index (χ3n) is 7.42. The molecule has 7 heteroatoms. The van der Waals surface area contributed by atoms with Crippen molar-refractivity contribution in [1.29, 1.82) is 0 Å². The Morgan fingerprint density at radius 3 is 2.58 bits per heavy atom. The van der Waals surface area contributed by atoms with Gasteiger partial charge in [0.25, 0.3) is 5.91 Å². The van der Waals surface area contributed by atoms with Gasteiger partial charge < -0.3 is 20.6 Å². The molecule has 1 unspecified atom stereocenters. The van der Waals surface area contributed by atoms with Gasteiger partial charge in [-0.3, -0.25) is 14.4 Å². The minimum absolute atomic E-state index is 0.116. The molecule has 2 aliphatic heterocycles. The highest BCUT2D eigenvalue weighted by atomic mass is 16.4. The standard InChI is InChI=1S/C29H37N3O4/c33-27(34)19-26-18-25-17-23(28(35)31-13-4-7-22-10-14-30-15-11-22)8-9-24(25)20-32(29(26)36)16-12-21-5-2-1-3-6-21/h1-3,5-6,8-9,17,22,26,30H,4,7,10-16,18-20H2,(H,31,35)(H,33,34). The van der Waals surface area contributed by atoms with Gasteiger partial charge >= 0.3 is 5.97 Å². The van der Waals surface area contributed by atoms with E-state index in [1.54, 1.807) is 4.90 Å². The zero-order valence-electron chi connectivity index (χ0n) is 20.9. The van der Waals surface area contributed by atoms with Crippen LogP contribution in [0.15, 0.2) is 48.5 Å². The number of amides is 2. The molecule has 192 valence electrons. The number of rotatable bonds is 10. The number of aliphatic carboxylic acids is 1. The summed E-state index contributed by atoms with van der Waals surface area (Å²) >= 11 is 0. The number of fused-ring (bicyclic) bond motifs is 1. The molecule has 0 aliphatic carbocycles. The number of nitrogens with one attached hydrogen (secondary N) is 2. The molecule has 3 N–H and O–H groups in total. The lowest BCUT2D eigenvalue weighted by Crippen LogP contribution is -2.37. The Balaban J connectivity index is 1.40. The van der Waals surface area contributed by atoms with Crippen molar-refractivity contribution in [2.24, 2.45) is 11.8 Å². The Kier molecular flexibility index (Phi) is 9.11. The predicted molar refractivity (Wildman–Crippen MR) is 139 cm³/mol. The normalized spacial score (nSPS) is 18.4. The fourth-order valence-electron chi connectivity index (χ4n) is 5.34. The Bertz CT molecular complexity index is 1050. The monoisotopic (exact) mass is 491 g/mol. The molecular formula is C29H37N3O4. The lowest BCUT2D eigenvalue weighted by Gasteiger charge is -2.24. The molecule has 0 saturated carbocycles. The molecule has 1 fully saturated rings. The first-order valence-corrected chi connectivity index (χ1v) is 13.1. The molecule has 2 aliphatic rings. The predicted octanol–water partition coefficient (Wildman–Crippen LogP) is 3.41. The molecule has 4 rings (SSSR count). The summed E-state index contributed by atoms with van der Waals surface area (Å²) in [6.45, 7) is 3.77. The average Bonchev–Trinajstić information content (AvgIpc) is 3.02. The summed E-state index contributed by atoms with van der Waals surface area (Å²) in [5.41, 5.74) is 3.57. The van der Waals surface area contributed by atoms with E-state index in [2.05, 4.69) is 10.6 Å². The van der Waals surface area contributed by atoms with Crippen LogP contribution in [-0.4, -0.2) is 54.0 Å². The highest BCUT2D eigenvalue weighted by Crippen LogP contribution is 2.26. The van der Waals surface area contributed by atoms with Crippen molar-refractivity contribution in [1.82, 2.24) is 15.5 Å². The van der Waals surface area contributed by atoms with E-state index in [-0.39, 0.29) is 18.2 Å². The molecule has 2 amide bonds. The summed E-state index contributed by atoms with van der Waals surface area (Å²) in [7, 11) is 0. The number of carbonyl (C=O) groups is 3. The minimum Gasteiger partial charge on any atom is -0.481 e. The van der Waals surface area contributed by atoms with E-state index < -0.39 is 11.9 Å². The maximum absolute atomic E-state index is 13.3. The van der Waals surface area contributed by atoms with Gasteiger partial charge in [-0.15, -0.1) is 0 Å². The van der Waals surface area contributed by atoms with Crippen LogP contribution in [0.25, 0.3) is 0 Å². The average molecular weight is 492 g/mol. The molecular weight excluding hydrogens is 454 g/mol. The summed E-state index contributed by atoms with van der Waals surface area (Å²) in [6, 6.07) is 15.6. The van der Waals surface area contributed by atoms with Crippen LogP contribution < -0.4 is 10.6 Å². The van der Waals surface area contributed by atoms with Gasteiger partial charge in [0, 0.05) is 25.2 Å². The van der Waals surface area contributed by atoms with Crippen LogP contribution in [0.5, 0.6) is 0 Å². The number of hydrogen-bond acceptors (Lipinski definition) is 4. The van der Waals surface area contributed by atoms with Crippen molar-refractivity contribution >= 4 is 17.8 Å². The molecule has 1 saturated heterocycles. The number of carboxylic acids is 1. The van der Waals surface area contributed by atoms with Crippen molar-refractivity contribution in [3.63, 3.8) is 0 Å². The topological polar surface area (TPSA) is 98.7 Å². The van der Waals surface area contributed by atoms with Crippen molar-refractivity contribution in [3.05, 3.63) is 70.8 Å². The lowest BCUT2D eigenvalue weighted by molar-refractivity contribution is -0.144. The molecule has 2 aromatic carbocycles. The van der Waals surface area contributed by atoms with E-state index >= 15 is 0 Å². The van der Waals surface area contributed by atoms with Crippen LogP contribution in [0.1, 0.15) is 59.2 Å². The molecule has 2 heterocycles. The summed E-state index contributed by atoms with van der Waals surface area (Å²) in [6.07, 6.45) is 5.33. The Labute approximate surface area is 213 Å². The summed E-state index contributed by atoms with van der Waals surface area (Å²) < 4.78 is 0. The summed E-state index contributed by atoms with van der Waals surface area (Å²) in [5.74, 6) is -1.13. The van der Waals surface area contributed by atoms with Crippen LogP contribution >= 0.6 is 0 Å². The van der Waals surface area contributed by atoms with Crippen LogP contribution in [-0.2, 0) is 29.0 Å². The van der Waals surface area contributed by atoms with E-state index in [1.807, 2.05) is 48.5 Å². The lowest BCUT2D eigenvalue weighted by atomic mass is 9.92. The van der Waals surface area contributed by atoms with E-state index in [0.29, 0.717) is 38.0 Å². The quantitative estimate of drug-likeness (QED) is 0.443. The third-order valence-corrected chi connectivity index (χ3v) is 7.42.